The number of hydrogen-bond donors (Lipinski definition) is 2. The molecule has 2 N–H and O–H groups in total. The highest BCUT2D eigenvalue weighted by Gasteiger charge is 2.43. The number of ketones is 1. The number of pyridine rings is 2. The number of carbonyl (C=O) groups is 1. The molecule has 2 aromatic heterocycles. The van der Waals surface area contributed by atoms with Crippen LogP contribution in [0.5, 0.6) is 0 Å². The molecule has 0 bridgehead atoms. The number of anilines is 1. The molecule has 184 valence electrons. The number of hydrogen-bond acceptors (Lipinski definition) is 6. The van der Waals surface area contributed by atoms with Crippen molar-refractivity contribution in [2.75, 3.05) is 38.2 Å². The maximum Gasteiger partial charge on any atom is 0.393 e. The monoisotopic (exact) mass is 496 g/mol. The standard InChI is InChI=1S/C24H28ClF3N4O2/c25-20-14-30-18(10-22(33)16-8-17(13-29-12-16)24(26,27)28)9-19(20)21-2-1-3-23(32-21)31-11-15-4-6-34-7-5-15/h1-3,9,14-17,29H,4-8,10-13H2,(H,31,32)/t16-,17-/m0/s1. The van der Waals surface area contributed by atoms with E-state index in [0.717, 1.165) is 38.4 Å². The second-order valence-corrected chi connectivity index (χ2v) is 9.38. The molecule has 2 aliphatic rings. The molecule has 0 amide bonds. The molecule has 2 fully saturated rings. The summed E-state index contributed by atoms with van der Waals surface area (Å²) in [5.74, 6) is -1.21. The number of piperidine rings is 1. The lowest BCUT2D eigenvalue weighted by atomic mass is 9.85. The zero-order valence-electron chi connectivity index (χ0n) is 18.7. The van der Waals surface area contributed by atoms with Crippen LogP contribution in [0.4, 0.5) is 19.0 Å². The van der Waals surface area contributed by atoms with E-state index in [1.165, 1.54) is 6.20 Å². The molecule has 34 heavy (non-hydrogen) atoms. The fourth-order valence-electron chi connectivity index (χ4n) is 4.42. The maximum absolute atomic E-state index is 13.1. The summed E-state index contributed by atoms with van der Waals surface area (Å²) < 4.78 is 44.7. The average Bonchev–Trinajstić information content (AvgIpc) is 2.84. The van der Waals surface area contributed by atoms with Gasteiger partial charge in [-0.1, -0.05) is 17.7 Å². The van der Waals surface area contributed by atoms with Crippen LogP contribution >= 0.6 is 11.6 Å². The van der Waals surface area contributed by atoms with Gasteiger partial charge in [0.2, 0.25) is 0 Å². The molecule has 6 nitrogen and oxygen atoms in total. The first-order valence-corrected chi connectivity index (χ1v) is 11.9. The van der Waals surface area contributed by atoms with Crippen molar-refractivity contribution in [3.8, 4) is 11.3 Å². The van der Waals surface area contributed by atoms with Gasteiger partial charge in [0.05, 0.1) is 16.6 Å². The topological polar surface area (TPSA) is 76.1 Å². The van der Waals surface area contributed by atoms with E-state index in [0.29, 0.717) is 27.9 Å². The average molecular weight is 497 g/mol. The number of nitrogens with zero attached hydrogens (tertiary/aromatic N) is 2. The Hall–Kier alpha value is -2.23. The van der Waals surface area contributed by atoms with Crippen LogP contribution in [0.3, 0.4) is 0 Å². The van der Waals surface area contributed by atoms with Crippen LogP contribution in [0.25, 0.3) is 11.3 Å². The fourth-order valence-corrected chi connectivity index (χ4v) is 4.62. The van der Waals surface area contributed by atoms with Gasteiger partial charge in [-0.3, -0.25) is 9.78 Å². The van der Waals surface area contributed by atoms with Crippen LogP contribution < -0.4 is 10.6 Å². The molecule has 0 aromatic carbocycles. The van der Waals surface area contributed by atoms with Crippen molar-refractivity contribution < 1.29 is 22.7 Å². The van der Waals surface area contributed by atoms with E-state index in [-0.39, 0.29) is 31.7 Å². The predicted molar refractivity (Wildman–Crippen MR) is 124 cm³/mol. The van der Waals surface area contributed by atoms with E-state index in [9.17, 15) is 18.0 Å². The lowest BCUT2D eigenvalue weighted by Gasteiger charge is -2.30. The Morgan fingerprint density at radius 1 is 1.24 bits per heavy atom. The summed E-state index contributed by atoms with van der Waals surface area (Å²) in [7, 11) is 0. The van der Waals surface area contributed by atoms with E-state index < -0.39 is 18.0 Å². The van der Waals surface area contributed by atoms with Gasteiger partial charge in [0.25, 0.3) is 0 Å². The molecule has 0 spiro atoms. The molecule has 2 atom stereocenters. The first kappa shape index (κ1) is 24.9. The summed E-state index contributed by atoms with van der Waals surface area (Å²) in [5, 5.41) is 6.50. The molecular weight excluding hydrogens is 469 g/mol. The van der Waals surface area contributed by atoms with E-state index in [1.807, 2.05) is 18.2 Å². The van der Waals surface area contributed by atoms with Crippen LogP contribution in [-0.2, 0) is 16.0 Å². The number of ether oxygens (including phenoxy) is 1. The summed E-state index contributed by atoms with van der Waals surface area (Å²) >= 11 is 6.38. The van der Waals surface area contributed by atoms with E-state index >= 15 is 0 Å². The molecule has 10 heteroatoms. The number of alkyl halides is 3. The third-order valence-corrected chi connectivity index (χ3v) is 6.78. The summed E-state index contributed by atoms with van der Waals surface area (Å²) in [5.41, 5.74) is 1.72. The molecule has 0 aliphatic carbocycles. The lowest BCUT2D eigenvalue weighted by Crippen LogP contribution is -2.45. The molecule has 0 saturated carbocycles. The van der Waals surface area contributed by atoms with Crippen molar-refractivity contribution >= 4 is 23.2 Å². The zero-order chi connectivity index (χ0) is 24.1. The Kier molecular flexibility index (Phi) is 8.06. The predicted octanol–water partition coefficient (Wildman–Crippen LogP) is 4.54. The summed E-state index contributed by atoms with van der Waals surface area (Å²) in [6, 6.07) is 7.28. The van der Waals surface area contributed by atoms with Gasteiger partial charge < -0.3 is 15.4 Å². The van der Waals surface area contributed by atoms with Crippen LogP contribution in [0.2, 0.25) is 5.02 Å². The largest absolute Gasteiger partial charge is 0.393 e. The van der Waals surface area contributed by atoms with Crippen LogP contribution in [0.1, 0.15) is 25.0 Å². The lowest BCUT2D eigenvalue weighted by molar-refractivity contribution is -0.182. The van der Waals surface area contributed by atoms with Crippen molar-refractivity contribution in [1.82, 2.24) is 15.3 Å². The number of halogens is 4. The molecule has 4 rings (SSSR count). The van der Waals surface area contributed by atoms with E-state index in [4.69, 9.17) is 16.3 Å². The Morgan fingerprint density at radius 3 is 2.79 bits per heavy atom. The Morgan fingerprint density at radius 2 is 2.03 bits per heavy atom. The van der Waals surface area contributed by atoms with Gasteiger partial charge in [-0.2, -0.15) is 13.2 Å². The molecule has 2 aromatic rings. The van der Waals surface area contributed by atoms with Gasteiger partial charge in [0.1, 0.15) is 11.6 Å². The minimum atomic E-state index is -4.31. The smallest absolute Gasteiger partial charge is 0.381 e. The second kappa shape index (κ2) is 11.0. The van der Waals surface area contributed by atoms with Gasteiger partial charge in [-0.05, 0) is 43.4 Å². The van der Waals surface area contributed by atoms with Gasteiger partial charge in [-0.15, -0.1) is 0 Å². The number of aromatic nitrogens is 2. The second-order valence-electron chi connectivity index (χ2n) is 8.97. The normalized spacial score (nSPS) is 21.9. The van der Waals surface area contributed by atoms with E-state index in [2.05, 4.69) is 20.6 Å². The van der Waals surface area contributed by atoms with Gasteiger partial charge in [-0.25, -0.2) is 4.98 Å². The molecule has 0 unspecified atom stereocenters. The summed E-state index contributed by atoms with van der Waals surface area (Å²) in [6.45, 7) is 2.46. The third kappa shape index (κ3) is 6.46. The Labute approximate surface area is 201 Å². The highest BCUT2D eigenvalue weighted by atomic mass is 35.5. The SMILES string of the molecule is O=C(Cc1cc(-c2cccc(NCC3CCOCC3)n2)c(Cl)cn1)[C@@H]1CNC[C@@H](C(F)(F)F)C1. The van der Waals surface area contributed by atoms with Crippen LogP contribution in [0.15, 0.2) is 30.5 Å². The first-order chi connectivity index (χ1) is 16.3. The molecule has 0 radical (unpaired) electrons. The summed E-state index contributed by atoms with van der Waals surface area (Å²) in [6.07, 6.45) is -1.07. The van der Waals surface area contributed by atoms with Crippen molar-refractivity contribution in [2.45, 2.75) is 31.9 Å². The Bertz CT molecular complexity index is 998. The van der Waals surface area contributed by atoms with E-state index in [1.54, 1.807) is 6.07 Å². The minimum Gasteiger partial charge on any atom is -0.381 e. The highest BCUT2D eigenvalue weighted by Crippen LogP contribution is 2.34. The number of rotatable bonds is 7. The third-order valence-electron chi connectivity index (χ3n) is 6.47. The van der Waals surface area contributed by atoms with Crippen molar-refractivity contribution in [1.29, 1.82) is 0 Å². The first-order valence-electron chi connectivity index (χ1n) is 11.5. The number of carbonyl (C=O) groups excluding carboxylic acids is 1. The van der Waals surface area contributed by atoms with Crippen molar-refractivity contribution in [3.05, 3.63) is 41.2 Å². The van der Waals surface area contributed by atoms with Crippen molar-refractivity contribution in [3.63, 3.8) is 0 Å². The zero-order valence-corrected chi connectivity index (χ0v) is 19.5. The van der Waals surface area contributed by atoms with Gasteiger partial charge >= 0.3 is 6.18 Å². The van der Waals surface area contributed by atoms with Gasteiger partial charge in [0.15, 0.2) is 0 Å². The highest BCUT2D eigenvalue weighted by molar-refractivity contribution is 6.33. The van der Waals surface area contributed by atoms with Gasteiger partial charge in [0, 0.05) is 62.6 Å². The van der Waals surface area contributed by atoms with Crippen LogP contribution in [0, 0.1) is 17.8 Å². The summed E-state index contributed by atoms with van der Waals surface area (Å²) in [4.78, 5) is 21.6. The molecular formula is C24H28ClF3N4O2. The van der Waals surface area contributed by atoms with Crippen LogP contribution in [-0.4, -0.2) is 54.8 Å². The molecule has 4 heterocycles. The molecule has 2 aliphatic heterocycles. The maximum atomic E-state index is 13.1. The quantitative estimate of drug-likeness (QED) is 0.586. The number of nitrogens with one attached hydrogen (secondary N) is 2. The minimum absolute atomic E-state index is 0.0528. The fraction of sp³-hybridized carbons (Fsp3) is 0.542. The molecule has 2 saturated heterocycles. The number of Topliss-reactive ketones (excluding diaryl/α,β-unsaturated/α-hetero) is 1. The van der Waals surface area contributed by atoms with Crippen molar-refractivity contribution in [2.24, 2.45) is 17.8 Å². The Balaban J connectivity index is 1.43.